The highest BCUT2D eigenvalue weighted by molar-refractivity contribution is 7.80. The first-order chi connectivity index (χ1) is 22.0. The van der Waals surface area contributed by atoms with Gasteiger partial charge < -0.3 is 18.4 Å². The maximum Gasteiger partial charge on any atom is 0.261 e. The second kappa shape index (κ2) is 12.0. The number of hydrogen-bond donors (Lipinski definition) is 0. The topological polar surface area (TPSA) is 86.5 Å². The van der Waals surface area contributed by atoms with Gasteiger partial charge in [-0.05, 0) is 41.0 Å². The number of aryl methyl sites for hydroxylation is 1. The zero-order valence-electron chi connectivity index (χ0n) is 24.2. The number of halogens is 1. The molecule has 1 aliphatic rings. The molecule has 6 aromatic rings. The maximum absolute atomic E-state index is 14.3. The monoisotopic (exact) mass is 618 g/mol. The van der Waals surface area contributed by atoms with Gasteiger partial charge in [-0.1, -0.05) is 72.8 Å². The Balaban J connectivity index is 1.39. The SMILES string of the molecule is Cn1cnc(S(=O)Oc2c3c(c(OC(c4ccccc4)c4ccccc4)c4ncccc24)C(=O)N(Cc2ccc(F)cc2)C3)c1. The van der Waals surface area contributed by atoms with Crippen LogP contribution in [0.1, 0.15) is 38.7 Å². The van der Waals surface area contributed by atoms with Gasteiger partial charge in [-0.25, -0.2) is 13.6 Å². The Hall–Kier alpha value is -5.35. The van der Waals surface area contributed by atoms with Crippen LogP contribution in [0, 0.1) is 5.82 Å². The lowest BCUT2D eigenvalue weighted by atomic mass is 9.99. The largest absolute Gasteiger partial charge is 0.478 e. The molecular weight excluding hydrogens is 591 g/mol. The summed E-state index contributed by atoms with van der Waals surface area (Å²) in [6, 6.07) is 29.1. The molecule has 0 radical (unpaired) electrons. The summed E-state index contributed by atoms with van der Waals surface area (Å²) in [6.07, 6.45) is 4.22. The Morgan fingerprint density at radius 2 is 1.58 bits per heavy atom. The molecule has 4 aromatic carbocycles. The average molecular weight is 619 g/mol. The molecule has 224 valence electrons. The number of fused-ring (bicyclic) bond motifs is 2. The minimum atomic E-state index is -1.97. The van der Waals surface area contributed by atoms with Crippen LogP contribution < -0.4 is 8.92 Å². The fraction of sp³-hybridized carbons (Fsp3) is 0.114. The Morgan fingerprint density at radius 1 is 0.889 bits per heavy atom. The van der Waals surface area contributed by atoms with E-state index >= 15 is 0 Å². The lowest BCUT2D eigenvalue weighted by molar-refractivity contribution is 0.0762. The molecule has 1 aliphatic heterocycles. The summed E-state index contributed by atoms with van der Waals surface area (Å²) in [6.45, 7) is 0.378. The van der Waals surface area contributed by atoms with E-state index in [1.54, 1.807) is 53.4 Å². The van der Waals surface area contributed by atoms with E-state index in [4.69, 9.17) is 8.92 Å². The molecule has 0 saturated carbocycles. The first-order valence-corrected chi connectivity index (χ1v) is 15.4. The number of nitrogens with zero attached hydrogens (tertiary/aromatic N) is 4. The van der Waals surface area contributed by atoms with E-state index in [0.717, 1.165) is 16.7 Å². The van der Waals surface area contributed by atoms with Crippen molar-refractivity contribution in [2.24, 2.45) is 7.05 Å². The van der Waals surface area contributed by atoms with E-state index in [1.807, 2.05) is 66.7 Å². The molecule has 10 heteroatoms. The summed E-state index contributed by atoms with van der Waals surface area (Å²) in [4.78, 5) is 24.8. The smallest absolute Gasteiger partial charge is 0.261 e. The number of carbonyl (C=O) groups is 1. The molecule has 0 N–H and O–H groups in total. The van der Waals surface area contributed by atoms with Gasteiger partial charge in [0.15, 0.2) is 16.5 Å². The predicted octanol–water partition coefficient (Wildman–Crippen LogP) is 6.53. The normalized spacial score (nSPS) is 13.3. The van der Waals surface area contributed by atoms with Gasteiger partial charge in [0.1, 0.15) is 17.4 Å². The first-order valence-electron chi connectivity index (χ1n) is 14.3. The molecule has 3 heterocycles. The fourth-order valence-electron chi connectivity index (χ4n) is 5.54. The summed E-state index contributed by atoms with van der Waals surface area (Å²) < 4.78 is 41.8. The van der Waals surface area contributed by atoms with Gasteiger partial charge >= 0.3 is 0 Å². The van der Waals surface area contributed by atoms with E-state index < -0.39 is 17.2 Å². The van der Waals surface area contributed by atoms with Crippen molar-refractivity contribution in [2.45, 2.75) is 24.2 Å². The molecule has 45 heavy (non-hydrogen) atoms. The van der Waals surface area contributed by atoms with Crippen LogP contribution >= 0.6 is 0 Å². The maximum atomic E-state index is 14.3. The highest BCUT2D eigenvalue weighted by Crippen LogP contribution is 2.47. The molecule has 8 nitrogen and oxygen atoms in total. The number of aromatic nitrogens is 3. The van der Waals surface area contributed by atoms with Crippen LogP contribution in [-0.2, 0) is 31.2 Å². The Bertz CT molecular complexity index is 2000. The average Bonchev–Trinajstić information content (AvgIpc) is 3.65. The highest BCUT2D eigenvalue weighted by Gasteiger charge is 2.38. The van der Waals surface area contributed by atoms with Crippen LogP contribution in [0.2, 0.25) is 0 Å². The second-order valence-electron chi connectivity index (χ2n) is 10.7. The van der Waals surface area contributed by atoms with E-state index in [9.17, 15) is 13.4 Å². The van der Waals surface area contributed by atoms with Crippen LogP contribution in [0.3, 0.4) is 0 Å². The van der Waals surface area contributed by atoms with Crippen molar-refractivity contribution in [3.63, 3.8) is 0 Å². The molecule has 2 aromatic heterocycles. The van der Waals surface area contributed by atoms with E-state index in [-0.39, 0.29) is 41.2 Å². The van der Waals surface area contributed by atoms with Gasteiger partial charge in [-0.2, -0.15) is 0 Å². The molecule has 0 spiro atoms. The third kappa shape index (κ3) is 5.56. The van der Waals surface area contributed by atoms with Crippen molar-refractivity contribution in [3.8, 4) is 11.5 Å². The number of benzene rings is 4. The molecule has 1 unspecified atom stereocenters. The third-order valence-corrected chi connectivity index (χ3v) is 8.53. The molecule has 1 amide bonds. The number of rotatable bonds is 9. The number of carbonyl (C=O) groups excluding carboxylic acids is 1. The zero-order valence-corrected chi connectivity index (χ0v) is 25.0. The minimum Gasteiger partial charge on any atom is -0.478 e. The van der Waals surface area contributed by atoms with E-state index in [1.165, 1.54) is 12.1 Å². The number of amides is 1. The lowest BCUT2D eigenvalue weighted by Gasteiger charge is -2.23. The van der Waals surface area contributed by atoms with Crippen molar-refractivity contribution >= 4 is 27.9 Å². The van der Waals surface area contributed by atoms with Gasteiger partial charge in [0, 0.05) is 36.9 Å². The van der Waals surface area contributed by atoms with Crippen molar-refractivity contribution in [3.05, 3.63) is 149 Å². The number of pyridine rings is 1. The summed E-state index contributed by atoms with van der Waals surface area (Å²) in [5.74, 6) is -0.0789. The first kappa shape index (κ1) is 28.4. The van der Waals surface area contributed by atoms with Gasteiger partial charge in [-0.3, -0.25) is 9.78 Å². The van der Waals surface area contributed by atoms with Gasteiger partial charge in [0.25, 0.3) is 17.0 Å². The standard InChI is InChI=1S/C35H27FN4O4S/c1-39-21-29(38-22-39)45(42)44-33-27-13-8-18-37-31(27)34(43-32(24-9-4-2-5-10-24)25-11-6-3-7-12-25)30-28(33)20-40(35(30)41)19-23-14-16-26(36)17-15-23/h2-18,21-22,32H,19-20H2,1H3. The number of imidazole rings is 1. The van der Waals surface area contributed by atoms with Crippen molar-refractivity contribution in [2.75, 3.05) is 0 Å². The Morgan fingerprint density at radius 3 is 2.22 bits per heavy atom. The summed E-state index contributed by atoms with van der Waals surface area (Å²) in [7, 11) is 1.78. The van der Waals surface area contributed by atoms with Crippen LogP contribution in [0.4, 0.5) is 4.39 Å². The predicted molar refractivity (Wildman–Crippen MR) is 167 cm³/mol. The molecule has 7 rings (SSSR count). The van der Waals surface area contributed by atoms with Gasteiger partial charge in [-0.15, -0.1) is 0 Å². The number of ether oxygens (including phenoxy) is 1. The molecular formula is C35H27FN4O4S. The Labute approximate surface area is 261 Å². The van der Waals surface area contributed by atoms with Gasteiger partial charge in [0.05, 0.1) is 18.4 Å². The van der Waals surface area contributed by atoms with Crippen molar-refractivity contribution in [1.29, 1.82) is 0 Å². The summed E-state index contributed by atoms with van der Waals surface area (Å²) >= 11 is -1.97. The van der Waals surface area contributed by atoms with Crippen LogP contribution in [0.25, 0.3) is 10.9 Å². The summed E-state index contributed by atoms with van der Waals surface area (Å²) in [5, 5.41) is 0.788. The van der Waals surface area contributed by atoms with E-state index in [2.05, 4.69) is 9.97 Å². The zero-order chi connectivity index (χ0) is 30.9. The fourth-order valence-corrected chi connectivity index (χ4v) is 6.35. The molecule has 0 fully saturated rings. The molecule has 1 atom stereocenters. The van der Waals surface area contributed by atoms with Crippen LogP contribution in [0.15, 0.2) is 121 Å². The minimum absolute atomic E-state index is 0.156. The van der Waals surface area contributed by atoms with Crippen molar-refractivity contribution in [1.82, 2.24) is 19.4 Å². The van der Waals surface area contributed by atoms with Crippen LogP contribution in [0.5, 0.6) is 11.5 Å². The summed E-state index contributed by atoms with van der Waals surface area (Å²) in [5.41, 5.74) is 3.76. The van der Waals surface area contributed by atoms with Crippen LogP contribution in [-0.4, -0.2) is 29.6 Å². The lowest BCUT2D eigenvalue weighted by Crippen LogP contribution is -2.23. The second-order valence-corrected chi connectivity index (χ2v) is 11.8. The molecule has 0 aliphatic carbocycles. The Kier molecular flexibility index (Phi) is 7.56. The van der Waals surface area contributed by atoms with E-state index in [0.29, 0.717) is 22.2 Å². The molecule has 0 bridgehead atoms. The quantitative estimate of drug-likeness (QED) is 0.183. The van der Waals surface area contributed by atoms with Crippen molar-refractivity contribution < 1.29 is 22.3 Å². The highest BCUT2D eigenvalue weighted by atomic mass is 32.2. The van der Waals surface area contributed by atoms with Gasteiger partial charge in [0.2, 0.25) is 0 Å². The molecule has 0 saturated heterocycles. The number of hydrogen-bond acceptors (Lipinski definition) is 6. The third-order valence-electron chi connectivity index (χ3n) is 7.66.